The van der Waals surface area contributed by atoms with Crippen LogP contribution in [0.3, 0.4) is 0 Å². The van der Waals surface area contributed by atoms with Crippen LogP contribution in [0.5, 0.6) is 17.4 Å². The van der Waals surface area contributed by atoms with Gasteiger partial charge in [-0.25, -0.2) is 13.4 Å². The molecule has 0 spiro atoms. The van der Waals surface area contributed by atoms with Gasteiger partial charge in [0.2, 0.25) is 15.9 Å². The van der Waals surface area contributed by atoms with Crippen LogP contribution in [0, 0.1) is 6.92 Å². The fourth-order valence-corrected chi connectivity index (χ4v) is 4.47. The summed E-state index contributed by atoms with van der Waals surface area (Å²) in [5.41, 5.74) is 2.34. The first-order valence-electron chi connectivity index (χ1n) is 9.52. The van der Waals surface area contributed by atoms with E-state index in [-0.39, 0.29) is 13.3 Å². The first-order valence-corrected chi connectivity index (χ1v) is 12.2. The van der Waals surface area contributed by atoms with Crippen LogP contribution in [0.1, 0.15) is 17.2 Å². The van der Waals surface area contributed by atoms with Crippen molar-refractivity contribution < 1.29 is 22.6 Å². The van der Waals surface area contributed by atoms with E-state index in [1.54, 1.807) is 30.5 Å². The first-order chi connectivity index (χ1) is 14.8. The fourth-order valence-electron chi connectivity index (χ4n) is 3.21. The minimum absolute atomic E-state index is 0.00717. The highest BCUT2D eigenvalue weighted by atomic mass is 79.9. The van der Waals surface area contributed by atoms with Gasteiger partial charge in [-0.2, -0.15) is 0 Å². The highest BCUT2D eigenvalue weighted by molar-refractivity contribution is 9.10. The van der Waals surface area contributed by atoms with E-state index in [0.29, 0.717) is 28.6 Å². The first kappa shape index (κ1) is 21.6. The van der Waals surface area contributed by atoms with Gasteiger partial charge in [-0.15, -0.1) is 0 Å². The number of sulfonamides is 1. The van der Waals surface area contributed by atoms with Gasteiger partial charge in [0.25, 0.3) is 0 Å². The van der Waals surface area contributed by atoms with Crippen molar-refractivity contribution in [1.82, 2.24) is 4.98 Å². The molecule has 0 amide bonds. The number of anilines is 1. The largest absolute Gasteiger partial charge is 0.457 e. The maximum absolute atomic E-state index is 12.6. The summed E-state index contributed by atoms with van der Waals surface area (Å²) in [5.74, 6) is 1.76. The Hall–Kier alpha value is -2.62. The summed E-state index contributed by atoms with van der Waals surface area (Å²) in [6, 6.07) is 16.4. The SMILES string of the molecule is Cc1ccc(Oc2ccc(N(CC3OCOc4ncc(Br)cc43)S(C)(=O)=O)cc2)cc1. The third-order valence-corrected chi connectivity index (χ3v) is 6.36. The molecule has 31 heavy (non-hydrogen) atoms. The second-order valence-corrected chi connectivity index (χ2v) is 9.99. The molecule has 0 radical (unpaired) electrons. The van der Waals surface area contributed by atoms with Gasteiger partial charge in [-0.1, -0.05) is 17.7 Å². The summed E-state index contributed by atoms with van der Waals surface area (Å²) in [5, 5.41) is 0. The normalized spacial score (nSPS) is 15.6. The Kier molecular flexibility index (Phi) is 6.17. The molecule has 1 aliphatic rings. The highest BCUT2D eigenvalue weighted by Gasteiger charge is 2.29. The minimum atomic E-state index is -3.57. The lowest BCUT2D eigenvalue weighted by Crippen LogP contribution is -2.36. The number of benzene rings is 2. The molecule has 2 aromatic carbocycles. The fraction of sp³-hybridized carbons (Fsp3) is 0.227. The molecular weight excluding hydrogens is 484 g/mol. The zero-order chi connectivity index (χ0) is 22.0. The quantitative estimate of drug-likeness (QED) is 0.478. The molecular formula is C22H21BrN2O5S. The predicted molar refractivity (Wildman–Crippen MR) is 121 cm³/mol. The van der Waals surface area contributed by atoms with E-state index in [1.807, 2.05) is 37.3 Å². The molecule has 2 heterocycles. The maximum Gasteiger partial charge on any atom is 0.232 e. The second kappa shape index (κ2) is 8.86. The predicted octanol–water partition coefficient (Wildman–Crippen LogP) is 4.82. The molecule has 0 fully saturated rings. The van der Waals surface area contributed by atoms with Crippen LogP contribution in [-0.4, -0.2) is 33.0 Å². The Bertz CT molecular complexity index is 1170. The second-order valence-electron chi connectivity index (χ2n) is 7.17. The molecule has 162 valence electrons. The molecule has 9 heteroatoms. The summed E-state index contributed by atoms with van der Waals surface area (Å²) >= 11 is 3.39. The van der Waals surface area contributed by atoms with Gasteiger partial charge in [0.05, 0.1) is 18.5 Å². The Morgan fingerprint density at radius 3 is 2.42 bits per heavy atom. The maximum atomic E-state index is 12.6. The molecule has 1 atom stereocenters. The van der Waals surface area contributed by atoms with Gasteiger partial charge in [-0.05, 0) is 65.3 Å². The van der Waals surface area contributed by atoms with Crippen LogP contribution >= 0.6 is 15.9 Å². The molecule has 3 aromatic rings. The zero-order valence-corrected chi connectivity index (χ0v) is 19.4. The smallest absolute Gasteiger partial charge is 0.232 e. The number of rotatable bonds is 6. The summed E-state index contributed by atoms with van der Waals surface area (Å²) in [6.07, 6.45) is 2.28. The van der Waals surface area contributed by atoms with Crippen LogP contribution in [0.25, 0.3) is 0 Å². The average molecular weight is 505 g/mol. The van der Waals surface area contributed by atoms with Crippen molar-refractivity contribution in [2.75, 3.05) is 23.9 Å². The van der Waals surface area contributed by atoms with E-state index in [0.717, 1.165) is 10.0 Å². The lowest BCUT2D eigenvalue weighted by atomic mass is 10.1. The van der Waals surface area contributed by atoms with Gasteiger partial charge < -0.3 is 14.2 Å². The van der Waals surface area contributed by atoms with Crippen molar-refractivity contribution in [2.24, 2.45) is 0 Å². The molecule has 7 nitrogen and oxygen atoms in total. The third-order valence-electron chi connectivity index (χ3n) is 4.77. The van der Waals surface area contributed by atoms with E-state index in [4.69, 9.17) is 14.2 Å². The standard InChI is InChI=1S/C22H21BrN2O5S/c1-15-3-7-18(8-4-15)30-19-9-5-17(6-10-19)25(31(2,26)27)13-21-20-11-16(23)12-24-22(20)29-14-28-21/h3-12,21H,13-14H2,1-2H3. The van der Waals surface area contributed by atoms with Crippen LogP contribution in [0.4, 0.5) is 5.69 Å². The molecule has 0 aliphatic carbocycles. The van der Waals surface area contributed by atoms with E-state index in [2.05, 4.69) is 20.9 Å². The topological polar surface area (TPSA) is 78.0 Å². The van der Waals surface area contributed by atoms with Gasteiger partial charge in [0.15, 0.2) is 6.79 Å². The van der Waals surface area contributed by atoms with Crippen LogP contribution in [0.2, 0.25) is 0 Å². The van der Waals surface area contributed by atoms with Crippen LogP contribution < -0.4 is 13.8 Å². The van der Waals surface area contributed by atoms with Gasteiger partial charge in [0.1, 0.15) is 17.6 Å². The summed E-state index contributed by atoms with van der Waals surface area (Å²) < 4.78 is 44.2. The lowest BCUT2D eigenvalue weighted by Gasteiger charge is -2.31. The molecule has 1 aliphatic heterocycles. The van der Waals surface area contributed by atoms with Crippen LogP contribution in [0.15, 0.2) is 65.3 Å². The Balaban J connectivity index is 1.57. The number of halogens is 1. The number of ether oxygens (including phenoxy) is 3. The Labute approximate surface area is 189 Å². The molecule has 0 bridgehead atoms. The summed E-state index contributed by atoms with van der Waals surface area (Å²) in [6.45, 7) is 2.10. The molecule has 0 saturated heterocycles. The third kappa shape index (κ3) is 5.17. The van der Waals surface area contributed by atoms with Crippen LogP contribution in [-0.2, 0) is 14.8 Å². The molecule has 1 aromatic heterocycles. The molecule has 0 saturated carbocycles. The minimum Gasteiger partial charge on any atom is -0.457 e. The van der Waals surface area contributed by atoms with Gasteiger partial charge in [0, 0.05) is 16.2 Å². The number of hydrogen-bond acceptors (Lipinski definition) is 6. The van der Waals surface area contributed by atoms with Crippen molar-refractivity contribution in [1.29, 1.82) is 0 Å². The monoisotopic (exact) mass is 504 g/mol. The lowest BCUT2D eigenvalue weighted by molar-refractivity contribution is -0.0576. The van der Waals surface area contributed by atoms with E-state index >= 15 is 0 Å². The summed E-state index contributed by atoms with van der Waals surface area (Å²) in [4.78, 5) is 4.23. The number of nitrogens with zero attached hydrogens (tertiary/aromatic N) is 2. The van der Waals surface area contributed by atoms with E-state index < -0.39 is 16.1 Å². The summed E-state index contributed by atoms with van der Waals surface area (Å²) in [7, 11) is -3.57. The van der Waals surface area contributed by atoms with Gasteiger partial charge in [-0.3, -0.25) is 4.31 Å². The van der Waals surface area contributed by atoms with Crippen molar-refractivity contribution in [3.63, 3.8) is 0 Å². The number of pyridine rings is 1. The molecule has 0 N–H and O–H groups in total. The van der Waals surface area contributed by atoms with Crippen molar-refractivity contribution >= 4 is 31.6 Å². The average Bonchev–Trinajstić information content (AvgIpc) is 2.74. The van der Waals surface area contributed by atoms with Crippen molar-refractivity contribution in [2.45, 2.75) is 13.0 Å². The van der Waals surface area contributed by atoms with Gasteiger partial charge >= 0.3 is 0 Å². The zero-order valence-electron chi connectivity index (χ0n) is 17.0. The number of hydrogen-bond donors (Lipinski definition) is 0. The van der Waals surface area contributed by atoms with Crippen molar-refractivity contribution in [3.05, 3.63) is 76.4 Å². The Morgan fingerprint density at radius 2 is 1.77 bits per heavy atom. The van der Waals surface area contributed by atoms with Crippen molar-refractivity contribution in [3.8, 4) is 17.4 Å². The molecule has 4 rings (SSSR count). The highest BCUT2D eigenvalue weighted by Crippen LogP contribution is 2.34. The Morgan fingerprint density at radius 1 is 1.13 bits per heavy atom. The number of fused-ring (bicyclic) bond motifs is 1. The number of aromatic nitrogens is 1. The molecule has 1 unspecified atom stereocenters. The van der Waals surface area contributed by atoms with E-state index in [9.17, 15) is 8.42 Å². The number of aryl methyl sites for hydroxylation is 1. The van der Waals surface area contributed by atoms with E-state index in [1.165, 1.54) is 10.6 Å².